The van der Waals surface area contributed by atoms with Crippen LogP contribution in [0, 0.1) is 0 Å². The summed E-state index contributed by atoms with van der Waals surface area (Å²) in [6.45, 7) is 0. The smallest absolute Gasteiger partial charge is 0.121 e. The summed E-state index contributed by atoms with van der Waals surface area (Å²) in [6.07, 6.45) is 3.29. The first-order valence-electron chi connectivity index (χ1n) is 5.51. The Labute approximate surface area is 104 Å². The number of benzene rings is 1. The van der Waals surface area contributed by atoms with Crippen LogP contribution in [0.5, 0.6) is 0 Å². The topological polar surface area (TPSA) is 74.5 Å². The van der Waals surface area contributed by atoms with E-state index in [2.05, 4.69) is 15.3 Å². The number of hydrogen-bond donors (Lipinski definition) is 1. The molecule has 6 heteroatoms. The molecule has 3 rings (SSSR count). The van der Waals surface area contributed by atoms with Crippen LogP contribution in [-0.4, -0.2) is 24.8 Å². The van der Waals surface area contributed by atoms with Gasteiger partial charge >= 0.3 is 0 Å². The van der Waals surface area contributed by atoms with Crippen molar-refractivity contribution >= 4 is 5.82 Å². The molecule has 0 radical (unpaired) electrons. The van der Waals surface area contributed by atoms with Crippen molar-refractivity contribution in [1.82, 2.24) is 24.8 Å². The fourth-order valence-corrected chi connectivity index (χ4v) is 1.74. The molecule has 0 aliphatic carbocycles. The summed E-state index contributed by atoms with van der Waals surface area (Å²) in [5.41, 5.74) is 8.54. The zero-order chi connectivity index (χ0) is 12.5. The molecular formula is C12H12N6. The van der Waals surface area contributed by atoms with Gasteiger partial charge in [0.2, 0.25) is 0 Å². The monoisotopic (exact) mass is 240 g/mol. The summed E-state index contributed by atoms with van der Waals surface area (Å²) in [5, 5.41) is 12.5. The fourth-order valence-electron chi connectivity index (χ4n) is 1.74. The average molecular weight is 240 g/mol. The standard InChI is InChI=1S/C12H12N6/c1-17-12(13)8-11(16-17)9-2-4-10(5-3-9)18-14-6-7-15-18/h2-8H,13H2,1H3. The first-order valence-corrected chi connectivity index (χ1v) is 5.51. The summed E-state index contributed by atoms with van der Waals surface area (Å²) in [5.74, 6) is 0.641. The third-order valence-corrected chi connectivity index (χ3v) is 2.73. The van der Waals surface area contributed by atoms with Crippen LogP contribution < -0.4 is 5.73 Å². The van der Waals surface area contributed by atoms with E-state index in [0.29, 0.717) is 5.82 Å². The SMILES string of the molecule is Cn1nc(-c2ccc(-n3nccn3)cc2)cc1N. The predicted octanol–water partition coefficient (Wildman–Crippen LogP) is 1.25. The van der Waals surface area contributed by atoms with Crippen molar-refractivity contribution in [2.45, 2.75) is 0 Å². The largest absolute Gasteiger partial charge is 0.384 e. The minimum absolute atomic E-state index is 0.641. The quantitative estimate of drug-likeness (QED) is 0.731. The molecule has 0 unspecified atom stereocenters. The molecule has 0 aliphatic rings. The van der Waals surface area contributed by atoms with E-state index >= 15 is 0 Å². The molecule has 0 fully saturated rings. The lowest BCUT2D eigenvalue weighted by Crippen LogP contribution is -1.98. The molecule has 18 heavy (non-hydrogen) atoms. The molecule has 0 atom stereocenters. The van der Waals surface area contributed by atoms with E-state index in [0.717, 1.165) is 16.9 Å². The van der Waals surface area contributed by atoms with Gasteiger partial charge in [-0.25, -0.2) is 0 Å². The maximum Gasteiger partial charge on any atom is 0.121 e. The Bertz CT molecular complexity index is 631. The Morgan fingerprint density at radius 3 is 2.28 bits per heavy atom. The van der Waals surface area contributed by atoms with Gasteiger partial charge in [0.15, 0.2) is 0 Å². The molecule has 2 heterocycles. The highest BCUT2D eigenvalue weighted by Crippen LogP contribution is 2.20. The fraction of sp³-hybridized carbons (Fsp3) is 0.0833. The molecule has 90 valence electrons. The molecule has 2 N–H and O–H groups in total. The van der Waals surface area contributed by atoms with Crippen molar-refractivity contribution in [3.63, 3.8) is 0 Å². The van der Waals surface area contributed by atoms with Crippen LogP contribution in [0.25, 0.3) is 16.9 Å². The summed E-state index contributed by atoms with van der Waals surface area (Å²) in [6, 6.07) is 9.68. The van der Waals surface area contributed by atoms with Crippen LogP contribution >= 0.6 is 0 Å². The number of aryl methyl sites for hydroxylation is 1. The Balaban J connectivity index is 1.96. The zero-order valence-electron chi connectivity index (χ0n) is 9.85. The molecule has 2 aromatic heterocycles. The second-order valence-electron chi connectivity index (χ2n) is 3.94. The van der Waals surface area contributed by atoms with Gasteiger partial charge in [-0.05, 0) is 12.1 Å². The number of aromatic nitrogens is 5. The van der Waals surface area contributed by atoms with Crippen molar-refractivity contribution in [3.8, 4) is 16.9 Å². The number of nitrogens with zero attached hydrogens (tertiary/aromatic N) is 5. The average Bonchev–Trinajstić information content (AvgIpc) is 3.01. The van der Waals surface area contributed by atoms with Gasteiger partial charge in [-0.1, -0.05) is 12.1 Å². The minimum Gasteiger partial charge on any atom is -0.384 e. The molecule has 0 saturated carbocycles. The molecule has 6 nitrogen and oxygen atoms in total. The van der Waals surface area contributed by atoms with E-state index in [9.17, 15) is 0 Å². The zero-order valence-corrected chi connectivity index (χ0v) is 9.85. The van der Waals surface area contributed by atoms with E-state index in [1.54, 1.807) is 21.9 Å². The molecule has 0 saturated heterocycles. The number of anilines is 1. The lowest BCUT2D eigenvalue weighted by molar-refractivity contribution is 0.752. The second kappa shape index (κ2) is 3.99. The van der Waals surface area contributed by atoms with Crippen molar-refractivity contribution in [2.24, 2.45) is 7.05 Å². The molecular weight excluding hydrogens is 228 g/mol. The van der Waals surface area contributed by atoms with Gasteiger partial charge < -0.3 is 5.73 Å². The Kier molecular flexibility index (Phi) is 2.33. The molecule has 0 aliphatic heterocycles. The third kappa shape index (κ3) is 1.73. The van der Waals surface area contributed by atoms with Gasteiger partial charge in [0.05, 0.1) is 23.8 Å². The van der Waals surface area contributed by atoms with Crippen molar-refractivity contribution in [1.29, 1.82) is 0 Å². The number of nitrogens with two attached hydrogens (primary N) is 1. The summed E-state index contributed by atoms with van der Waals surface area (Å²) in [7, 11) is 1.82. The van der Waals surface area contributed by atoms with E-state index in [1.807, 2.05) is 37.4 Å². The molecule has 3 aromatic rings. The number of nitrogen functional groups attached to an aromatic ring is 1. The van der Waals surface area contributed by atoms with Crippen LogP contribution in [0.1, 0.15) is 0 Å². The highest BCUT2D eigenvalue weighted by Gasteiger charge is 2.05. The second-order valence-corrected chi connectivity index (χ2v) is 3.94. The predicted molar refractivity (Wildman–Crippen MR) is 68.0 cm³/mol. The van der Waals surface area contributed by atoms with Crippen LogP contribution in [0.3, 0.4) is 0 Å². The minimum atomic E-state index is 0.641. The number of hydrogen-bond acceptors (Lipinski definition) is 4. The molecule has 0 amide bonds. The van der Waals surface area contributed by atoms with Gasteiger partial charge in [-0.15, -0.1) is 0 Å². The van der Waals surface area contributed by atoms with Crippen molar-refractivity contribution in [3.05, 3.63) is 42.7 Å². The van der Waals surface area contributed by atoms with Gasteiger partial charge in [-0.2, -0.15) is 20.1 Å². The third-order valence-electron chi connectivity index (χ3n) is 2.73. The summed E-state index contributed by atoms with van der Waals surface area (Å²) in [4.78, 5) is 1.57. The van der Waals surface area contributed by atoms with E-state index < -0.39 is 0 Å². The van der Waals surface area contributed by atoms with E-state index in [1.165, 1.54) is 0 Å². The first-order chi connectivity index (χ1) is 8.74. The van der Waals surface area contributed by atoms with Crippen LogP contribution in [0.2, 0.25) is 0 Å². The van der Waals surface area contributed by atoms with E-state index in [-0.39, 0.29) is 0 Å². The Morgan fingerprint density at radius 2 is 1.72 bits per heavy atom. The van der Waals surface area contributed by atoms with Crippen molar-refractivity contribution in [2.75, 3.05) is 5.73 Å². The van der Waals surface area contributed by atoms with E-state index in [4.69, 9.17) is 5.73 Å². The van der Waals surface area contributed by atoms with Crippen LogP contribution in [0.4, 0.5) is 5.82 Å². The normalized spacial score (nSPS) is 10.7. The van der Waals surface area contributed by atoms with Gasteiger partial charge in [0.1, 0.15) is 5.82 Å². The number of rotatable bonds is 2. The van der Waals surface area contributed by atoms with Crippen molar-refractivity contribution < 1.29 is 0 Å². The molecule has 0 spiro atoms. The van der Waals surface area contributed by atoms with Crippen LogP contribution in [0.15, 0.2) is 42.7 Å². The van der Waals surface area contributed by atoms with Gasteiger partial charge in [-0.3, -0.25) is 4.68 Å². The van der Waals surface area contributed by atoms with Gasteiger partial charge in [0, 0.05) is 18.7 Å². The highest BCUT2D eigenvalue weighted by atomic mass is 15.5. The Hall–Kier alpha value is -2.63. The molecule has 0 bridgehead atoms. The first kappa shape index (κ1) is 10.5. The van der Waals surface area contributed by atoms with Crippen LogP contribution in [-0.2, 0) is 7.05 Å². The lowest BCUT2D eigenvalue weighted by Gasteiger charge is -2.00. The summed E-state index contributed by atoms with van der Waals surface area (Å²) < 4.78 is 1.65. The molecule has 1 aromatic carbocycles. The highest BCUT2D eigenvalue weighted by molar-refractivity contribution is 5.63. The van der Waals surface area contributed by atoms with Gasteiger partial charge in [0.25, 0.3) is 0 Å². The maximum absolute atomic E-state index is 5.76. The summed E-state index contributed by atoms with van der Waals surface area (Å²) >= 11 is 0. The lowest BCUT2D eigenvalue weighted by atomic mass is 10.1. The maximum atomic E-state index is 5.76. The Morgan fingerprint density at radius 1 is 1.06 bits per heavy atom.